The van der Waals surface area contributed by atoms with Gasteiger partial charge in [0.1, 0.15) is 16.8 Å². The molecule has 0 aromatic carbocycles. The minimum Gasteiger partial charge on any atom is -0.481 e. The molecule has 2 atom stereocenters. The lowest BCUT2D eigenvalue weighted by Gasteiger charge is -2.39. The molecule has 3 fully saturated rings. The molecule has 134 valence electrons. The molecular weight excluding hydrogens is 324 g/mol. The Bertz CT molecular complexity index is 787. The number of nitrogens with zero attached hydrogens (tertiary/aromatic N) is 3. The molecule has 4 rings (SSSR count). The highest BCUT2D eigenvalue weighted by molar-refractivity contribution is 5.94. The van der Waals surface area contributed by atoms with Crippen molar-refractivity contribution in [3.05, 3.63) is 27.9 Å². The van der Waals surface area contributed by atoms with E-state index >= 15 is 0 Å². The van der Waals surface area contributed by atoms with Crippen LogP contribution in [0, 0.1) is 11.3 Å². The third-order valence-electron chi connectivity index (χ3n) is 5.83. The van der Waals surface area contributed by atoms with Gasteiger partial charge in [-0.2, -0.15) is 0 Å². The number of carbonyl (C=O) groups is 2. The van der Waals surface area contributed by atoms with E-state index in [1.807, 2.05) is 11.9 Å². The number of hydrogen-bond acceptors (Lipinski definition) is 5. The third kappa shape index (κ3) is 2.64. The molecule has 2 N–H and O–H groups in total. The van der Waals surface area contributed by atoms with Crippen LogP contribution in [0.5, 0.6) is 0 Å². The van der Waals surface area contributed by atoms with Gasteiger partial charge in [0.05, 0.1) is 0 Å². The lowest BCUT2D eigenvalue weighted by Crippen LogP contribution is -2.52. The van der Waals surface area contributed by atoms with E-state index in [-0.39, 0.29) is 18.0 Å². The number of hydrogen-bond donors (Lipinski definition) is 2. The Kier molecular flexibility index (Phi) is 3.68. The number of nitrogens with one attached hydrogen (secondary N) is 1. The van der Waals surface area contributed by atoms with E-state index in [1.54, 1.807) is 0 Å². The molecule has 0 unspecified atom stereocenters. The van der Waals surface area contributed by atoms with Crippen molar-refractivity contribution in [1.29, 1.82) is 0 Å². The Balaban J connectivity index is 1.59. The fourth-order valence-electron chi connectivity index (χ4n) is 4.22. The van der Waals surface area contributed by atoms with Gasteiger partial charge in [-0.25, -0.2) is 4.98 Å². The molecule has 1 amide bonds. The maximum Gasteiger partial charge on any atom is 0.313 e. The normalized spacial score (nSPS) is 29.5. The van der Waals surface area contributed by atoms with Gasteiger partial charge in [0.2, 0.25) is 0 Å². The van der Waals surface area contributed by atoms with Crippen LogP contribution in [0.2, 0.25) is 0 Å². The van der Waals surface area contributed by atoms with Gasteiger partial charge in [0, 0.05) is 31.7 Å². The van der Waals surface area contributed by atoms with Crippen LogP contribution in [0.15, 0.2) is 11.0 Å². The second-order valence-corrected chi connectivity index (χ2v) is 7.66. The van der Waals surface area contributed by atoms with Crippen LogP contribution in [0.4, 0.5) is 0 Å². The Morgan fingerprint density at radius 1 is 1.32 bits per heavy atom. The van der Waals surface area contributed by atoms with Gasteiger partial charge in [0.25, 0.3) is 11.5 Å². The minimum atomic E-state index is -0.948. The molecule has 3 aliphatic rings. The summed E-state index contributed by atoms with van der Waals surface area (Å²) < 4.78 is 0. The summed E-state index contributed by atoms with van der Waals surface area (Å²) >= 11 is 0. The molecule has 8 nitrogen and oxygen atoms in total. The Morgan fingerprint density at radius 3 is 2.72 bits per heavy atom. The number of rotatable bonds is 3. The van der Waals surface area contributed by atoms with E-state index in [0.29, 0.717) is 24.8 Å². The maximum atomic E-state index is 12.8. The number of amides is 1. The van der Waals surface area contributed by atoms with Crippen LogP contribution in [-0.4, -0.2) is 70.0 Å². The van der Waals surface area contributed by atoms with Gasteiger partial charge in [-0.3, -0.25) is 14.4 Å². The lowest BCUT2D eigenvalue weighted by molar-refractivity contribution is -0.153. The monoisotopic (exact) mass is 346 g/mol. The van der Waals surface area contributed by atoms with Gasteiger partial charge in [-0.1, -0.05) is 0 Å². The summed E-state index contributed by atoms with van der Waals surface area (Å²) in [6.07, 6.45) is 4.11. The zero-order valence-corrected chi connectivity index (χ0v) is 14.2. The van der Waals surface area contributed by atoms with E-state index in [4.69, 9.17) is 0 Å². The van der Waals surface area contributed by atoms with Crippen molar-refractivity contribution in [3.63, 3.8) is 0 Å². The number of H-pyrrole nitrogens is 1. The minimum absolute atomic E-state index is 0.00283. The number of aromatic nitrogens is 2. The molecule has 2 aliphatic heterocycles. The van der Waals surface area contributed by atoms with Crippen LogP contribution in [0.25, 0.3) is 0 Å². The fourth-order valence-corrected chi connectivity index (χ4v) is 4.22. The van der Waals surface area contributed by atoms with Crippen molar-refractivity contribution >= 4 is 11.9 Å². The quantitative estimate of drug-likeness (QED) is 0.805. The van der Waals surface area contributed by atoms with Crippen molar-refractivity contribution in [1.82, 2.24) is 19.8 Å². The van der Waals surface area contributed by atoms with Crippen molar-refractivity contribution in [3.8, 4) is 0 Å². The maximum absolute atomic E-state index is 12.8. The number of carbonyl (C=O) groups excluding carboxylic acids is 1. The molecule has 0 bridgehead atoms. The molecular formula is C17H22N4O4. The summed E-state index contributed by atoms with van der Waals surface area (Å²) in [4.78, 5) is 47.5. The number of likely N-dealkylation sites (tertiary alicyclic amines) is 2. The number of aromatic amines is 1. The number of piperidine rings is 1. The lowest BCUT2D eigenvalue weighted by atomic mass is 9.73. The first-order valence-corrected chi connectivity index (χ1v) is 8.71. The SMILES string of the molecule is CN1CC[C@H]2CN(C(=O)c3cnc(C4CC4)[nH]c3=O)C[C@@]2(C(=O)O)C1. The fraction of sp³-hybridized carbons (Fsp3) is 0.647. The average Bonchev–Trinajstić information content (AvgIpc) is 3.34. The van der Waals surface area contributed by atoms with Gasteiger partial charge >= 0.3 is 5.97 Å². The first-order chi connectivity index (χ1) is 11.9. The molecule has 1 saturated carbocycles. The van der Waals surface area contributed by atoms with Crippen molar-refractivity contribution in [2.24, 2.45) is 11.3 Å². The molecule has 1 aliphatic carbocycles. The Morgan fingerprint density at radius 2 is 2.08 bits per heavy atom. The average molecular weight is 346 g/mol. The summed E-state index contributed by atoms with van der Waals surface area (Å²) in [5.74, 6) is -0.426. The molecule has 2 saturated heterocycles. The van der Waals surface area contributed by atoms with Gasteiger partial charge in [0.15, 0.2) is 0 Å². The van der Waals surface area contributed by atoms with E-state index in [1.165, 1.54) is 11.1 Å². The van der Waals surface area contributed by atoms with Gasteiger partial charge < -0.3 is 19.9 Å². The van der Waals surface area contributed by atoms with Crippen LogP contribution in [0.3, 0.4) is 0 Å². The van der Waals surface area contributed by atoms with E-state index in [2.05, 4.69) is 9.97 Å². The van der Waals surface area contributed by atoms with E-state index in [9.17, 15) is 19.5 Å². The summed E-state index contributed by atoms with van der Waals surface area (Å²) in [6.45, 7) is 1.76. The van der Waals surface area contributed by atoms with Crippen LogP contribution < -0.4 is 5.56 Å². The summed E-state index contributed by atoms with van der Waals surface area (Å²) in [6, 6.07) is 0. The van der Waals surface area contributed by atoms with Crippen molar-refractivity contribution < 1.29 is 14.7 Å². The second kappa shape index (κ2) is 5.66. The number of carboxylic acid groups (broad SMARTS) is 1. The Labute approximate surface area is 144 Å². The smallest absolute Gasteiger partial charge is 0.313 e. The first kappa shape index (κ1) is 16.3. The van der Waals surface area contributed by atoms with Crippen LogP contribution in [0.1, 0.15) is 41.4 Å². The standard InChI is InChI=1S/C17H22N4O4/c1-20-5-4-11-7-21(9-17(11,8-20)16(24)25)15(23)12-6-18-13(10-2-3-10)19-14(12)22/h6,10-11H,2-5,7-9H2,1H3,(H,24,25)(H,18,19,22)/t11-,17-/m0/s1. The summed E-state index contributed by atoms with van der Waals surface area (Å²) in [7, 11) is 1.90. The molecule has 1 aromatic rings. The van der Waals surface area contributed by atoms with Crippen molar-refractivity contribution in [2.75, 3.05) is 33.2 Å². The zero-order valence-electron chi connectivity index (χ0n) is 14.2. The largest absolute Gasteiger partial charge is 0.481 e. The molecule has 3 heterocycles. The molecule has 0 radical (unpaired) electrons. The molecule has 0 spiro atoms. The predicted octanol–water partition coefficient (Wildman–Crippen LogP) is 0.126. The van der Waals surface area contributed by atoms with Crippen LogP contribution in [-0.2, 0) is 4.79 Å². The molecule has 25 heavy (non-hydrogen) atoms. The highest BCUT2D eigenvalue weighted by atomic mass is 16.4. The molecule has 8 heteroatoms. The Hall–Kier alpha value is -2.22. The second-order valence-electron chi connectivity index (χ2n) is 7.66. The summed E-state index contributed by atoms with van der Waals surface area (Å²) in [5.41, 5.74) is -1.38. The molecule has 1 aromatic heterocycles. The van der Waals surface area contributed by atoms with Gasteiger partial charge in [-0.05, 0) is 38.8 Å². The topological polar surface area (TPSA) is 107 Å². The predicted molar refractivity (Wildman–Crippen MR) is 88.4 cm³/mol. The number of carboxylic acids is 1. The van der Waals surface area contributed by atoms with Gasteiger partial charge in [-0.15, -0.1) is 0 Å². The third-order valence-corrected chi connectivity index (χ3v) is 5.83. The van der Waals surface area contributed by atoms with E-state index in [0.717, 1.165) is 25.8 Å². The highest BCUT2D eigenvalue weighted by Crippen LogP contribution is 2.42. The number of fused-ring (bicyclic) bond motifs is 1. The number of aliphatic carboxylic acids is 1. The zero-order chi connectivity index (χ0) is 17.8. The highest BCUT2D eigenvalue weighted by Gasteiger charge is 2.55. The van der Waals surface area contributed by atoms with E-state index < -0.39 is 22.9 Å². The van der Waals surface area contributed by atoms with Crippen LogP contribution >= 0.6 is 0 Å². The summed E-state index contributed by atoms with van der Waals surface area (Å²) in [5, 5.41) is 9.80. The first-order valence-electron chi connectivity index (χ1n) is 8.71. The van der Waals surface area contributed by atoms with Crippen molar-refractivity contribution in [2.45, 2.75) is 25.2 Å².